The Morgan fingerprint density at radius 2 is 1.95 bits per heavy atom. The van der Waals surface area contributed by atoms with Crippen molar-refractivity contribution in [3.05, 3.63) is 58.4 Å². The number of nitrogens with two attached hydrogens (primary N) is 1. The molecule has 0 bridgehead atoms. The third kappa shape index (κ3) is 3.46. The summed E-state index contributed by atoms with van der Waals surface area (Å²) in [4.78, 5) is 0. The summed E-state index contributed by atoms with van der Waals surface area (Å²) >= 11 is 6.04. The number of halogens is 2. The molecule has 112 valence electrons. The number of hydrogen-bond donors (Lipinski definition) is 1. The molecule has 0 aliphatic carbocycles. The fourth-order valence-electron chi connectivity index (χ4n) is 2.24. The lowest BCUT2D eigenvalue weighted by molar-refractivity contribution is 0.349. The molecule has 2 aromatic carbocycles. The van der Waals surface area contributed by atoms with Gasteiger partial charge in [0.15, 0.2) is 11.5 Å². The zero-order chi connectivity index (χ0) is 15.4. The van der Waals surface area contributed by atoms with Crippen molar-refractivity contribution in [1.29, 1.82) is 0 Å². The predicted molar refractivity (Wildman–Crippen MR) is 81.6 cm³/mol. The van der Waals surface area contributed by atoms with Crippen molar-refractivity contribution in [2.75, 3.05) is 14.2 Å². The summed E-state index contributed by atoms with van der Waals surface area (Å²) in [5, 5.41) is 0.368. The van der Waals surface area contributed by atoms with E-state index in [1.54, 1.807) is 26.4 Å². The molecule has 0 aromatic heterocycles. The standard InChI is InChI=1S/C16H17ClFNO2/c1-20-15-5-3-4-12(16(15)21-2)14(19)8-10-6-7-11(18)9-13(10)17/h3-7,9,14H,8,19H2,1-2H3. The van der Waals surface area contributed by atoms with Crippen LogP contribution in [-0.2, 0) is 6.42 Å². The first-order chi connectivity index (χ1) is 10.1. The molecule has 0 radical (unpaired) electrons. The van der Waals surface area contributed by atoms with Gasteiger partial charge in [0.05, 0.1) is 14.2 Å². The molecule has 0 spiro atoms. The van der Waals surface area contributed by atoms with Crippen LogP contribution in [-0.4, -0.2) is 14.2 Å². The fraction of sp³-hybridized carbons (Fsp3) is 0.250. The van der Waals surface area contributed by atoms with E-state index in [0.29, 0.717) is 22.9 Å². The van der Waals surface area contributed by atoms with Crippen LogP contribution in [0.4, 0.5) is 4.39 Å². The van der Waals surface area contributed by atoms with Crippen LogP contribution in [0.2, 0.25) is 5.02 Å². The summed E-state index contributed by atoms with van der Waals surface area (Å²) < 4.78 is 23.7. The molecule has 0 amide bonds. The molecule has 0 heterocycles. The van der Waals surface area contributed by atoms with Gasteiger partial charge in [0.2, 0.25) is 0 Å². The maximum absolute atomic E-state index is 13.1. The minimum Gasteiger partial charge on any atom is -0.493 e. The number of para-hydroxylation sites is 1. The van der Waals surface area contributed by atoms with E-state index in [-0.39, 0.29) is 11.9 Å². The van der Waals surface area contributed by atoms with Gasteiger partial charge in [0, 0.05) is 16.6 Å². The third-order valence-electron chi connectivity index (χ3n) is 3.29. The van der Waals surface area contributed by atoms with Gasteiger partial charge >= 0.3 is 0 Å². The van der Waals surface area contributed by atoms with Gasteiger partial charge in [-0.2, -0.15) is 0 Å². The smallest absolute Gasteiger partial charge is 0.165 e. The van der Waals surface area contributed by atoms with E-state index in [1.807, 2.05) is 12.1 Å². The second kappa shape index (κ2) is 6.78. The summed E-state index contributed by atoms with van der Waals surface area (Å²) in [5.41, 5.74) is 7.85. The molecule has 2 rings (SSSR count). The van der Waals surface area contributed by atoms with Crippen molar-refractivity contribution < 1.29 is 13.9 Å². The highest BCUT2D eigenvalue weighted by Gasteiger charge is 2.17. The van der Waals surface area contributed by atoms with Gasteiger partial charge in [-0.1, -0.05) is 29.8 Å². The van der Waals surface area contributed by atoms with Crippen molar-refractivity contribution in [1.82, 2.24) is 0 Å². The van der Waals surface area contributed by atoms with E-state index >= 15 is 0 Å². The lowest BCUT2D eigenvalue weighted by atomic mass is 9.98. The van der Waals surface area contributed by atoms with E-state index in [2.05, 4.69) is 0 Å². The molecular weight excluding hydrogens is 293 g/mol. The Bertz CT molecular complexity index is 634. The van der Waals surface area contributed by atoms with Gasteiger partial charge < -0.3 is 15.2 Å². The number of hydrogen-bond acceptors (Lipinski definition) is 3. The highest BCUT2D eigenvalue weighted by Crippen LogP contribution is 2.35. The van der Waals surface area contributed by atoms with E-state index in [4.69, 9.17) is 26.8 Å². The minimum absolute atomic E-state index is 0.335. The summed E-state index contributed by atoms with van der Waals surface area (Å²) in [5.74, 6) is 0.859. The van der Waals surface area contributed by atoms with Crippen molar-refractivity contribution in [2.45, 2.75) is 12.5 Å². The summed E-state index contributed by atoms with van der Waals surface area (Å²) in [7, 11) is 3.14. The molecule has 0 saturated heterocycles. The third-order valence-corrected chi connectivity index (χ3v) is 3.64. The van der Waals surface area contributed by atoms with Gasteiger partial charge in [-0.15, -0.1) is 0 Å². The van der Waals surface area contributed by atoms with E-state index in [9.17, 15) is 4.39 Å². The van der Waals surface area contributed by atoms with Crippen LogP contribution in [0, 0.1) is 5.82 Å². The van der Waals surface area contributed by atoms with Crippen LogP contribution in [0.5, 0.6) is 11.5 Å². The molecule has 2 aromatic rings. The average molecular weight is 310 g/mol. The number of rotatable bonds is 5. The number of methoxy groups -OCH3 is 2. The van der Waals surface area contributed by atoms with Crippen LogP contribution in [0.15, 0.2) is 36.4 Å². The molecule has 3 nitrogen and oxygen atoms in total. The van der Waals surface area contributed by atoms with Crippen molar-refractivity contribution in [2.24, 2.45) is 5.73 Å². The van der Waals surface area contributed by atoms with Gasteiger partial charge in [0.1, 0.15) is 5.82 Å². The molecule has 0 saturated carbocycles. The summed E-state index contributed by atoms with van der Waals surface area (Å²) in [6.07, 6.45) is 0.475. The fourth-order valence-corrected chi connectivity index (χ4v) is 2.48. The van der Waals surface area contributed by atoms with Gasteiger partial charge in [-0.05, 0) is 30.2 Å². The van der Waals surface area contributed by atoms with Gasteiger partial charge in [-0.25, -0.2) is 4.39 Å². The molecule has 5 heteroatoms. The van der Waals surface area contributed by atoms with Crippen LogP contribution in [0.3, 0.4) is 0 Å². The Kier molecular flexibility index (Phi) is 5.04. The monoisotopic (exact) mass is 309 g/mol. The van der Waals surface area contributed by atoms with Crippen molar-refractivity contribution >= 4 is 11.6 Å². The van der Waals surface area contributed by atoms with Gasteiger partial charge in [0.25, 0.3) is 0 Å². The zero-order valence-electron chi connectivity index (χ0n) is 11.9. The topological polar surface area (TPSA) is 44.5 Å². The first-order valence-electron chi connectivity index (χ1n) is 6.47. The van der Waals surface area contributed by atoms with E-state index < -0.39 is 0 Å². The van der Waals surface area contributed by atoms with E-state index in [0.717, 1.165) is 11.1 Å². The molecular formula is C16H17ClFNO2. The molecule has 2 N–H and O–H groups in total. The highest BCUT2D eigenvalue weighted by molar-refractivity contribution is 6.31. The quantitative estimate of drug-likeness (QED) is 0.915. The lowest BCUT2D eigenvalue weighted by Crippen LogP contribution is -2.15. The summed E-state index contributed by atoms with van der Waals surface area (Å²) in [6, 6.07) is 9.50. The van der Waals surface area contributed by atoms with Crippen molar-refractivity contribution in [3.63, 3.8) is 0 Å². The highest BCUT2D eigenvalue weighted by atomic mass is 35.5. The minimum atomic E-state index is -0.365. The SMILES string of the molecule is COc1cccc(C(N)Cc2ccc(F)cc2Cl)c1OC. The van der Waals surface area contributed by atoms with Crippen LogP contribution in [0.25, 0.3) is 0 Å². The van der Waals surface area contributed by atoms with Crippen LogP contribution in [0.1, 0.15) is 17.2 Å². The van der Waals surface area contributed by atoms with Crippen LogP contribution < -0.4 is 15.2 Å². The second-order valence-electron chi connectivity index (χ2n) is 4.63. The molecule has 1 atom stereocenters. The predicted octanol–water partition coefficient (Wildman–Crippen LogP) is 3.74. The van der Waals surface area contributed by atoms with Crippen molar-refractivity contribution in [3.8, 4) is 11.5 Å². The maximum atomic E-state index is 13.1. The molecule has 1 unspecified atom stereocenters. The number of ether oxygens (including phenoxy) is 2. The van der Waals surface area contributed by atoms with Gasteiger partial charge in [-0.3, -0.25) is 0 Å². The Morgan fingerprint density at radius 1 is 1.19 bits per heavy atom. The number of benzene rings is 2. The molecule has 0 aliphatic heterocycles. The normalized spacial score (nSPS) is 12.0. The average Bonchev–Trinajstić information content (AvgIpc) is 2.49. The van der Waals surface area contributed by atoms with E-state index in [1.165, 1.54) is 12.1 Å². The lowest BCUT2D eigenvalue weighted by Gasteiger charge is -2.18. The largest absolute Gasteiger partial charge is 0.493 e. The Morgan fingerprint density at radius 3 is 2.57 bits per heavy atom. The maximum Gasteiger partial charge on any atom is 0.165 e. The first kappa shape index (κ1) is 15.6. The van der Waals surface area contributed by atoms with Crippen LogP contribution >= 0.6 is 11.6 Å². The second-order valence-corrected chi connectivity index (χ2v) is 5.04. The Balaban J connectivity index is 2.30. The molecule has 0 aliphatic rings. The molecule has 21 heavy (non-hydrogen) atoms. The zero-order valence-corrected chi connectivity index (χ0v) is 12.7. The first-order valence-corrected chi connectivity index (χ1v) is 6.85. The Hall–Kier alpha value is -1.78. The molecule has 0 fully saturated rings. The summed E-state index contributed by atoms with van der Waals surface area (Å²) in [6.45, 7) is 0. The Labute approximate surface area is 128 Å².